The van der Waals surface area contributed by atoms with E-state index in [1.807, 2.05) is 11.8 Å². The van der Waals surface area contributed by atoms with Crippen molar-refractivity contribution in [1.29, 1.82) is 0 Å². The van der Waals surface area contributed by atoms with E-state index < -0.39 is 0 Å². The average Bonchev–Trinajstić information content (AvgIpc) is 3.04. The topological polar surface area (TPSA) is 80.0 Å². The van der Waals surface area contributed by atoms with Crippen LogP contribution in [0.25, 0.3) is 0 Å². The maximum atomic E-state index is 11.7. The van der Waals surface area contributed by atoms with Gasteiger partial charge >= 0.3 is 6.03 Å². The van der Waals surface area contributed by atoms with Gasteiger partial charge in [-0.3, -0.25) is 0 Å². The highest BCUT2D eigenvalue weighted by Gasteiger charge is 2.24. The number of carbonyl (C=O) groups is 1. The maximum absolute atomic E-state index is 11.7. The van der Waals surface area contributed by atoms with Crippen LogP contribution in [-0.2, 0) is 6.42 Å². The van der Waals surface area contributed by atoms with Crippen molar-refractivity contribution in [2.45, 2.75) is 50.3 Å². The van der Waals surface area contributed by atoms with Crippen molar-refractivity contribution in [2.75, 3.05) is 12.8 Å². The Balaban J connectivity index is 1.56. The Morgan fingerprint density at radius 1 is 1.50 bits per heavy atom. The lowest BCUT2D eigenvalue weighted by atomic mass is 10.2. The summed E-state index contributed by atoms with van der Waals surface area (Å²) in [5.41, 5.74) is 0. The first kappa shape index (κ1) is 15.2. The fourth-order valence-electron chi connectivity index (χ4n) is 2.40. The van der Waals surface area contributed by atoms with E-state index in [-0.39, 0.29) is 6.03 Å². The number of carbonyl (C=O) groups excluding carboxylic acids is 1. The van der Waals surface area contributed by atoms with Crippen LogP contribution in [-0.4, -0.2) is 40.3 Å². The van der Waals surface area contributed by atoms with Crippen molar-refractivity contribution in [1.82, 2.24) is 20.8 Å². The molecule has 20 heavy (non-hydrogen) atoms. The fourth-order valence-corrected chi connectivity index (χ4v) is 3.20. The zero-order valence-electron chi connectivity index (χ0n) is 12.0. The molecule has 1 saturated carbocycles. The van der Waals surface area contributed by atoms with E-state index in [1.165, 1.54) is 6.42 Å². The minimum absolute atomic E-state index is 0.0709. The summed E-state index contributed by atoms with van der Waals surface area (Å²) in [5.74, 6) is 1.28. The number of urea groups is 1. The molecule has 2 N–H and O–H groups in total. The Morgan fingerprint density at radius 2 is 2.35 bits per heavy atom. The third-order valence-electron chi connectivity index (χ3n) is 3.48. The highest BCUT2D eigenvalue weighted by Crippen LogP contribution is 2.27. The number of hydrogen-bond acceptors (Lipinski definition) is 5. The Kier molecular flexibility index (Phi) is 5.70. The number of rotatable bonds is 6. The zero-order chi connectivity index (χ0) is 14.4. The van der Waals surface area contributed by atoms with E-state index in [9.17, 15) is 4.79 Å². The van der Waals surface area contributed by atoms with E-state index in [0.717, 1.165) is 19.3 Å². The molecular weight excluding hydrogens is 276 g/mol. The first-order valence-electron chi connectivity index (χ1n) is 7.03. The molecule has 0 saturated heterocycles. The number of hydrogen-bond donors (Lipinski definition) is 2. The summed E-state index contributed by atoms with van der Waals surface area (Å²) in [6, 6.07) is 0.254. The molecule has 6 nitrogen and oxygen atoms in total. The van der Waals surface area contributed by atoms with Gasteiger partial charge < -0.3 is 15.2 Å². The average molecular weight is 298 g/mol. The van der Waals surface area contributed by atoms with Crippen LogP contribution in [0.4, 0.5) is 4.79 Å². The molecule has 112 valence electrons. The summed E-state index contributed by atoms with van der Waals surface area (Å²) in [4.78, 5) is 15.8. The summed E-state index contributed by atoms with van der Waals surface area (Å²) in [5, 5.41) is 10.3. The van der Waals surface area contributed by atoms with Gasteiger partial charge in [0.1, 0.15) is 0 Å². The zero-order valence-corrected chi connectivity index (χ0v) is 12.8. The monoisotopic (exact) mass is 298 g/mol. The van der Waals surface area contributed by atoms with Crippen LogP contribution < -0.4 is 10.6 Å². The van der Waals surface area contributed by atoms with Crippen LogP contribution in [0.2, 0.25) is 0 Å². The lowest BCUT2D eigenvalue weighted by Gasteiger charge is -2.13. The smallest absolute Gasteiger partial charge is 0.315 e. The molecule has 1 aromatic heterocycles. The molecule has 0 radical (unpaired) electrons. The van der Waals surface area contributed by atoms with E-state index >= 15 is 0 Å². The van der Waals surface area contributed by atoms with Crippen LogP contribution in [0.5, 0.6) is 0 Å². The Bertz CT molecular complexity index is 438. The van der Waals surface area contributed by atoms with E-state index in [4.69, 9.17) is 4.52 Å². The molecule has 1 fully saturated rings. The van der Waals surface area contributed by atoms with Gasteiger partial charge in [-0.25, -0.2) is 4.79 Å². The Labute approximate surface area is 123 Å². The van der Waals surface area contributed by atoms with Gasteiger partial charge in [-0.2, -0.15) is 16.7 Å². The molecule has 1 aliphatic rings. The van der Waals surface area contributed by atoms with Crippen LogP contribution in [0.1, 0.15) is 37.4 Å². The van der Waals surface area contributed by atoms with Gasteiger partial charge in [0.2, 0.25) is 5.89 Å². The molecular formula is C13H22N4O2S. The van der Waals surface area contributed by atoms with Crippen molar-refractivity contribution in [2.24, 2.45) is 0 Å². The van der Waals surface area contributed by atoms with Gasteiger partial charge in [-0.15, -0.1) is 0 Å². The van der Waals surface area contributed by atoms with Gasteiger partial charge in [0.15, 0.2) is 5.82 Å². The largest absolute Gasteiger partial charge is 0.339 e. The number of aryl methyl sites for hydroxylation is 2. The molecule has 0 unspecified atom stereocenters. The lowest BCUT2D eigenvalue weighted by Crippen LogP contribution is -2.41. The summed E-state index contributed by atoms with van der Waals surface area (Å²) in [7, 11) is 0. The molecule has 0 spiro atoms. The third-order valence-corrected chi connectivity index (χ3v) is 4.57. The second-order valence-electron chi connectivity index (χ2n) is 5.11. The Morgan fingerprint density at radius 3 is 3.00 bits per heavy atom. The normalized spacial score (nSPS) is 21.9. The van der Waals surface area contributed by atoms with Crippen LogP contribution >= 0.6 is 11.8 Å². The molecule has 0 aliphatic heterocycles. The van der Waals surface area contributed by atoms with E-state index in [2.05, 4.69) is 27.0 Å². The van der Waals surface area contributed by atoms with Crippen LogP contribution in [0.15, 0.2) is 4.52 Å². The number of aromatic nitrogens is 2. The van der Waals surface area contributed by atoms with Crippen molar-refractivity contribution in [3.05, 3.63) is 11.7 Å². The van der Waals surface area contributed by atoms with Gasteiger partial charge in [-0.1, -0.05) is 5.16 Å². The number of amides is 2. The number of nitrogens with zero attached hydrogens (tertiary/aromatic N) is 2. The van der Waals surface area contributed by atoms with Crippen molar-refractivity contribution in [3.63, 3.8) is 0 Å². The first-order chi connectivity index (χ1) is 9.67. The highest BCUT2D eigenvalue weighted by atomic mass is 32.2. The summed E-state index contributed by atoms with van der Waals surface area (Å²) in [6.45, 7) is 2.41. The predicted octanol–water partition coefficient (Wildman–Crippen LogP) is 1.89. The quantitative estimate of drug-likeness (QED) is 0.784. The molecule has 0 bridgehead atoms. The predicted molar refractivity (Wildman–Crippen MR) is 78.8 cm³/mol. The van der Waals surface area contributed by atoms with Crippen LogP contribution in [0.3, 0.4) is 0 Å². The molecule has 2 atom stereocenters. The first-order valence-corrected chi connectivity index (χ1v) is 8.32. The van der Waals surface area contributed by atoms with Gasteiger partial charge in [0.25, 0.3) is 0 Å². The second-order valence-corrected chi connectivity index (χ2v) is 6.24. The minimum atomic E-state index is -0.0709. The molecule has 2 rings (SSSR count). The van der Waals surface area contributed by atoms with Crippen molar-refractivity contribution < 1.29 is 9.32 Å². The SMILES string of the molecule is CS[C@H]1CC[C@@H](NC(=O)NCCCc2nc(C)no2)C1. The van der Waals surface area contributed by atoms with Gasteiger partial charge in [0.05, 0.1) is 0 Å². The summed E-state index contributed by atoms with van der Waals surface area (Å²) >= 11 is 1.89. The third kappa shape index (κ3) is 4.70. The summed E-state index contributed by atoms with van der Waals surface area (Å²) < 4.78 is 5.01. The molecule has 1 aliphatic carbocycles. The highest BCUT2D eigenvalue weighted by molar-refractivity contribution is 7.99. The standard InChI is InChI=1S/C13H22N4O2S/c1-9-15-12(19-17-9)4-3-7-14-13(18)16-10-5-6-11(8-10)20-2/h10-11H,3-8H2,1-2H3,(H2,14,16,18)/t10-,11+/m1/s1. The Hall–Kier alpha value is -1.24. The van der Waals surface area contributed by atoms with Gasteiger partial charge in [0, 0.05) is 24.3 Å². The van der Waals surface area contributed by atoms with Crippen LogP contribution in [0, 0.1) is 6.92 Å². The molecule has 0 aromatic carbocycles. The number of nitrogens with one attached hydrogen (secondary N) is 2. The molecule has 7 heteroatoms. The summed E-state index contributed by atoms with van der Waals surface area (Å²) in [6.07, 6.45) is 6.98. The van der Waals surface area contributed by atoms with Crippen molar-refractivity contribution in [3.8, 4) is 0 Å². The molecule has 2 amide bonds. The second kappa shape index (κ2) is 7.52. The lowest BCUT2D eigenvalue weighted by molar-refractivity contribution is 0.237. The maximum Gasteiger partial charge on any atom is 0.315 e. The van der Waals surface area contributed by atoms with E-state index in [0.29, 0.717) is 36.0 Å². The fraction of sp³-hybridized carbons (Fsp3) is 0.769. The van der Waals surface area contributed by atoms with E-state index in [1.54, 1.807) is 6.92 Å². The van der Waals surface area contributed by atoms with Crippen molar-refractivity contribution >= 4 is 17.8 Å². The number of thioether (sulfide) groups is 1. The minimum Gasteiger partial charge on any atom is -0.339 e. The van der Waals surface area contributed by atoms with Gasteiger partial charge in [-0.05, 0) is 38.9 Å². The molecule has 1 aromatic rings. The molecule has 1 heterocycles.